The maximum atomic E-state index is 9.98. The topological polar surface area (TPSA) is 41.5 Å². The van der Waals surface area contributed by atoms with Crippen LogP contribution in [0.15, 0.2) is 36.4 Å². The third-order valence-corrected chi connectivity index (χ3v) is 3.16. The zero-order valence-electron chi connectivity index (χ0n) is 11.4. The molecular formula is C16H21NO2. The quantitative estimate of drug-likeness (QED) is 0.751. The summed E-state index contributed by atoms with van der Waals surface area (Å²) in [6.07, 6.45) is 0.985. The first kappa shape index (κ1) is 13.8. The van der Waals surface area contributed by atoms with Crippen molar-refractivity contribution in [2.75, 3.05) is 19.8 Å². The molecule has 0 heterocycles. The Hall–Kier alpha value is -1.58. The lowest BCUT2D eigenvalue weighted by atomic mass is 10.0. The van der Waals surface area contributed by atoms with Gasteiger partial charge in [0.05, 0.1) is 0 Å². The first-order valence-electron chi connectivity index (χ1n) is 6.81. The van der Waals surface area contributed by atoms with Gasteiger partial charge in [-0.1, -0.05) is 30.3 Å². The Balaban J connectivity index is 1.98. The van der Waals surface area contributed by atoms with E-state index in [1.54, 1.807) is 6.07 Å². The van der Waals surface area contributed by atoms with Gasteiger partial charge in [-0.15, -0.1) is 0 Å². The molecule has 0 aliphatic rings. The monoisotopic (exact) mass is 259 g/mol. The van der Waals surface area contributed by atoms with E-state index in [1.165, 1.54) is 0 Å². The molecule has 0 spiro atoms. The van der Waals surface area contributed by atoms with E-state index in [0.717, 1.165) is 42.5 Å². The van der Waals surface area contributed by atoms with Crippen molar-refractivity contribution in [3.05, 3.63) is 42.0 Å². The third-order valence-electron chi connectivity index (χ3n) is 3.16. The van der Waals surface area contributed by atoms with Gasteiger partial charge in [-0.25, -0.2) is 0 Å². The molecular weight excluding hydrogens is 238 g/mol. The Kier molecular flexibility index (Phi) is 5.19. The van der Waals surface area contributed by atoms with Crippen molar-refractivity contribution in [3.8, 4) is 5.75 Å². The summed E-state index contributed by atoms with van der Waals surface area (Å²) in [5.41, 5.74) is 0.967. The molecule has 2 aromatic carbocycles. The van der Waals surface area contributed by atoms with Crippen LogP contribution in [-0.4, -0.2) is 24.9 Å². The molecule has 0 aliphatic carbocycles. The molecule has 0 atom stereocenters. The Morgan fingerprint density at radius 2 is 2.00 bits per heavy atom. The summed E-state index contributed by atoms with van der Waals surface area (Å²) >= 11 is 0. The summed E-state index contributed by atoms with van der Waals surface area (Å²) in [7, 11) is 0. The zero-order chi connectivity index (χ0) is 13.5. The van der Waals surface area contributed by atoms with Crippen molar-refractivity contribution in [1.82, 2.24) is 5.32 Å². The second-order valence-corrected chi connectivity index (χ2v) is 4.51. The minimum absolute atomic E-state index is 0.357. The number of fused-ring (bicyclic) bond motifs is 1. The van der Waals surface area contributed by atoms with Crippen LogP contribution < -0.4 is 5.32 Å². The predicted molar refractivity (Wildman–Crippen MR) is 78.4 cm³/mol. The van der Waals surface area contributed by atoms with E-state index in [9.17, 15) is 5.11 Å². The molecule has 19 heavy (non-hydrogen) atoms. The molecule has 0 radical (unpaired) electrons. The van der Waals surface area contributed by atoms with Gasteiger partial charge in [-0.3, -0.25) is 0 Å². The molecule has 2 N–H and O–H groups in total. The van der Waals surface area contributed by atoms with Crippen molar-refractivity contribution in [2.24, 2.45) is 0 Å². The van der Waals surface area contributed by atoms with Crippen molar-refractivity contribution >= 4 is 10.8 Å². The second kappa shape index (κ2) is 7.12. The van der Waals surface area contributed by atoms with E-state index in [4.69, 9.17) is 4.74 Å². The van der Waals surface area contributed by atoms with Gasteiger partial charge in [0.25, 0.3) is 0 Å². The number of phenolic OH excluding ortho intramolecular Hbond substituents is 1. The van der Waals surface area contributed by atoms with Crippen molar-refractivity contribution in [1.29, 1.82) is 0 Å². The summed E-state index contributed by atoms with van der Waals surface area (Å²) in [6.45, 7) is 5.12. The molecule has 3 heteroatoms. The van der Waals surface area contributed by atoms with Crippen LogP contribution in [0.3, 0.4) is 0 Å². The van der Waals surface area contributed by atoms with Gasteiger partial charge in [0.1, 0.15) is 5.75 Å². The predicted octanol–water partition coefficient (Wildman–Crippen LogP) is 3.06. The van der Waals surface area contributed by atoms with E-state index < -0.39 is 0 Å². The smallest absolute Gasteiger partial charge is 0.120 e. The van der Waals surface area contributed by atoms with Crippen LogP contribution in [0.2, 0.25) is 0 Å². The van der Waals surface area contributed by atoms with Crippen LogP contribution in [0.4, 0.5) is 0 Å². The molecule has 0 aromatic heterocycles. The second-order valence-electron chi connectivity index (χ2n) is 4.51. The number of hydrogen-bond donors (Lipinski definition) is 2. The molecule has 0 fully saturated rings. The molecule has 0 saturated heterocycles. The van der Waals surface area contributed by atoms with E-state index in [-0.39, 0.29) is 0 Å². The molecule has 0 unspecified atom stereocenters. The summed E-state index contributed by atoms with van der Waals surface area (Å²) in [5, 5.41) is 15.6. The van der Waals surface area contributed by atoms with Gasteiger partial charge in [-0.2, -0.15) is 0 Å². The largest absolute Gasteiger partial charge is 0.508 e. The van der Waals surface area contributed by atoms with Gasteiger partial charge in [0.15, 0.2) is 0 Å². The lowest BCUT2D eigenvalue weighted by Crippen LogP contribution is -2.16. The fourth-order valence-corrected chi connectivity index (χ4v) is 2.17. The Bertz CT molecular complexity index is 525. The first-order chi connectivity index (χ1) is 9.33. The van der Waals surface area contributed by atoms with Crippen molar-refractivity contribution < 1.29 is 9.84 Å². The Morgan fingerprint density at radius 3 is 2.84 bits per heavy atom. The van der Waals surface area contributed by atoms with Crippen LogP contribution in [0.25, 0.3) is 10.8 Å². The Morgan fingerprint density at radius 1 is 1.16 bits per heavy atom. The van der Waals surface area contributed by atoms with Crippen LogP contribution in [0.1, 0.15) is 18.9 Å². The number of ether oxygens (including phenoxy) is 1. The molecule has 0 bridgehead atoms. The number of benzene rings is 2. The number of phenols is 1. The highest BCUT2D eigenvalue weighted by Crippen LogP contribution is 2.26. The van der Waals surface area contributed by atoms with Crippen LogP contribution in [0.5, 0.6) is 5.75 Å². The molecule has 102 valence electrons. The van der Waals surface area contributed by atoms with E-state index in [0.29, 0.717) is 12.3 Å². The maximum absolute atomic E-state index is 9.98. The summed E-state index contributed by atoms with van der Waals surface area (Å²) < 4.78 is 5.29. The highest BCUT2D eigenvalue weighted by atomic mass is 16.5. The normalized spacial score (nSPS) is 11.0. The van der Waals surface area contributed by atoms with Gasteiger partial charge < -0.3 is 15.2 Å². The van der Waals surface area contributed by atoms with E-state index in [1.807, 2.05) is 31.2 Å². The number of rotatable bonds is 7. The zero-order valence-corrected chi connectivity index (χ0v) is 11.4. The Labute approximate surface area is 114 Å². The average Bonchev–Trinajstić information content (AvgIpc) is 2.44. The van der Waals surface area contributed by atoms with Gasteiger partial charge in [0.2, 0.25) is 0 Å². The standard InChI is InChI=1S/C16H21NO2/c1-2-19-11-5-10-17-12-15-14-7-4-3-6-13(14)8-9-16(15)18/h3-4,6-9,17-18H,2,5,10-12H2,1H3. The van der Waals surface area contributed by atoms with Gasteiger partial charge >= 0.3 is 0 Å². The summed E-state index contributed by atoms with van der Waals surface area (Å²) in [5.74, 6) is 0.357. The maximum Gasteiger partial charge on any atom is 0.120 e. The van der Waals surface area contributed by atoms with Gasteiger partial charge in [0, 0.05) is 25.3 Å². The van der Waals surface area contributed by atoms with Crippen molar-refractivity contribution in [2.45, 2.75) is 19.9 Å². The number of hydrogen-bond acceptors (Lipinski definition) is 3. The van der Waals surface area contributed by atoms with Crippen LogP contribution >= 0.6 is 0 Å². The molecule has 0 aliphatic heterocycles. The molecule has 3 nitrogen and oxygen atoms in total. The molecule has 2 rings (SSSR count). The molecule has 2 aromatic rings. The number of aromatic hydroxyl groups is 1. The minimum Gasteiger partial charge on any atom is -0.508 e. The molecule has 0 amide bonds. The van der Waals surface area contributed by atoms with E-state index >= 15 is 0 Å². The first-order valence-corrected chi connectivity index (χ1v) is 6.81. The highest BCUT2D eigenvalue weighted by molar-refractivity contribution is 5.87. The lowest BCUT2D eigenvalue weighted by molar-refractivity contribution is 0.144. The summed E-state index contributed by atoms with van der Waals surface area (Å²) in [6, 6.07) is 11.8. The minimum atomic E-state index is 0.357. The fourth-order valence-electron chi connectivity index (χ4n) is 2.17. The van der Waals surface area contributed by atoms with Crippen LogP contribution in [-0.2, 0) is 11.3 Å². The fraction of sp³-hybridized carbons (Fsp3) is 0.375. The van der Waals surface area contributed by atoms with Gasteiger partial charge in [-0.05, 0) is 36.7 Å². The van der Waals surface area contributed by atoms with E-state index in [2.05, 4.69) is 11.4 Å². The highest BCUT2D eigenvalue weighted by Gasteiger charge is 2.05. The number of nitrogens with one attached hydrogen (secondary N) is 1. The summed E-state index contributed by atoms with van der Waals surface area (Å²) in [4.78, 5) is 0. The average molecular weight is 259 g/mol. The van der Waals surface area contributed by atoms with Crippen LogP contribution in [0, 0.1) is 0 Å². The SMILES string of the molecule is CCOCCCNCc1c(O)ccc2ccccc12. The molecule has 0 saturated carbocycles. The third kappa shape index (κ3) is 3.69. The lowest BCUT2D eigenvalue weighted by Gasteiger charge is -2.10. The van der Waals surface area contributed by atoms with Crippen molar-refractivity contribution in [3.63, 3.8) is 0 Å².